The zero-order valence-electron chi connectivity index (χ0n) is 10.4. The van der Waals surface area contributed by atoms with Gasteiger partial charge in [0.25, 0.3) is 0 Å². The molecular formula is C11H14O4. The van der Waals surface area contributed by atoms with Gasteiger partial charge in [0.2, 0.25) is 0 Å². The molecule has 0 aliphatic heterocycles. The highest BCUT2D eigenvalue weighted by atomic mass is 16.5. The summed E-state index contributed by atoms with van der Waals surface area (Å²) in [5.41, 5.74) is 0. The van der Waals surface area contributed by atoms with Crippen LogP contribution in [0.4, 0.5) is 0 Å². The second kappa shape index (κ2) is 5.90. The number of carbonyl (C=O) groups excluding carboxylic acids is 1. The van der Waals surface area contributed by atoms with Crippen LogP contribution in [0.25, 0.3) is 0 Å². The molecule has 1 aromatic rings. The summed E-state index contributed by atoms with van der Waals surface area (Å²) in [6.45, 7) is -0.707. The molecule has 0 radical (unpaired) electrons. The molecule has 82 valence electrons. The van der Waals surface area contributed by atoms with E-state index in [1.54, 1.807) is 12.1 Å². The van der Waals surface area contributed by atoms with Crippen molar-refractivity contribution >= 4 is 5.97 Å². The molecule has 0 atom stereocenters. The van der Waals surface area contributed by atoms with Crippen molar-refractivity contribution in [3.8, 4) is 11.5 Å². The molecule has 0 bridgehead atoms. The molecule has 0 heterocycles. The molecule has 0 amide bonds. The molecule has 1 rings (SSSR count). The normalized spacial score (nSPS) is 12.6. The summed E-state index contributed by atoms with van der Waals surface area (Å²) >= 11 is 0. The van der Waals surface area contributed by atoms with Crippen LogP contribution in [-0.2, 0) is 9.53 Å². The quantitative estimate of drug-likeness (QED) is 0.755. The van der Waals surface area contributed by atoms with Crippen LogP contribution in [-0.4, -0.2) is 24.2 Å². The van der Waals surface area contributed by atoms with Gasteiger partial charge in [-0.25, -0.2) is 0 Å². The van der Waals surface area contributed by atoms with Crippen LogP contribution in [0.3, 0.4) is 0 Å². The van der Waals surface area contributed by atoms with Crippen molar-refractivity contribution in [2.24, 2.45) is 0 Å². The maximum Gasteiger partial charge on any atom is 0.309 e. The van der Waals surface area contributed by atoms with Crippen molar-refractivity contribution in [1.82, 2.24) is 0 Å². The second-order valence-electron chi connectivity index (χ2n) is 2.77. The summed E-state index contributed by atoms with van der Waals surface area (Å²) in [7, 11) is 0. The van der Waals surface area contributed by atoms with Crippen molar-refractivity contribution in [3.05, 3.63) is 24.3 Å². The highest BCUT2D eigenvalue weighted by molar-refractivity contribution is 5.69. The van der Waals surface area contributed by atoms with Crippen LogP contribution in [0.2, 0.25) is 0 Å². The number of carbonyl (C=O) groups is 1. The Hall–Kier alpha value is -1.71. The molecule has 0 saturated heterocycles. The standard InChI is InChI=1S/C11H14O4/c1-2-14-11(13)7-8-15-10-5-3-9(12)4-6-10/h3-6,12H,2,7-8H2,1H3/i2D2. The highest BCUT2D eigenvalue weighted by Crippen LogP contribution is 2.15. The lowest BCUT2D eigenvalue weighted by Crippen LogP contribution is -2.09. The van der Waals surface area contributed by atoms with Gasteiger partial charge in [-0.15, -0.1) is 0 Å². The zero-order chi connectivity index (χ0) is 12.9. The Morgan fingerprint density at radius 1 is 1.47 bits per heavy atom. The van der Waals surface area contributed by atoms with Gasteiger partial charge in [0.05, 0.1) is 22.3 Å². The Bertz CT molecular complexity index is 370. The average Bonchev–Trinajstić information content (AvgIpc) is 2.18. The number of esters is 1. The molecular weight excluding hydrogens is 196 g/mol. The third-order valence-corrected chi connectivity index (χ3v) is 1.63. The number of phenols is 1. The molecule has 0 aliphatic carbocycles. The number of aromatic hydroxyl groups is 1. The molecule has 15 heavy (non-hydrogen) atoms. The maximum absolute atomic E-state index is 11.1. The minimum absolute atomic E-state index is 0.0335. The van der Waals surface area contributed by atoms with Crippen molar-refractivity contribution in [2.45, 2.75) is 13.3 Å². The Balaban J connectivity index is 2.28. The molecule has 0 unspecified atom stereocenters. The van der Waals surface area contributed by atoms with E-state index in [1.165, 1.54) is 12.1 Å². The summed E-state index contributed by atoms with van der Waals surface area (Å²) in [6.07, 6.45) is -0.0335. The first-order chi connectivity index (χ1) is 7.87. The van der Waals surface area contributed by atoms with E-state index in [1.807, 2.05) is 0 Å². The molecule has 1 aromatic carbocycles. The van der Waals surface area contributed by atoms with Crippen LogP contribution in [0, 0.1) is 0 Å². The topological polar surface area (TPSA) is 55.8 Å². The largest absolute Gasteiger partial charge is 0.508 e. The minimum atomic E-state index is -1.96. The second-order valence-corrected chi connectivity index (χ2v) is 2.77. The van der Waals surface area contributed by atoms with E-state index in [9.17, 15) is 4.79 Å². The molecule has 0 aliphatic rings. The lowest BCUT2D eigenvalue weighted by atomic mass is 10.3. The number of phenolic OH excluding ortho intramolecular Hbond substituents is 1. The fourth-order valence-corrected chi connectivity index (χ4v) is 0.959. The Morgan fingerprint density at radius 2 is 2.13 bits per heavy atom. The Kier molecular flexibility index (Phi) is 3.38. The van der Waals surface area contributed by atoms with Gasteiger partial charge in [0, 0.05) is 0 Å². The molecule has 0 aromatic heterocycles. The van der Waals surface area contributed by atoms with Crippen LogP contribution in [0.5, 0.6) is 11.5 Å². The number of ether oxygens (including phenoxy) is 2. The van der Waals surface area contributed by atoms with E-state index in [4.69, 9.17) is 12.6 Å². The smallest absolute Gasteiger partial charge is 0.309 e. The summed E-state index contributed by atoms with van der Waals surface area (Å²) < 4.78 is 23.8. The summed E-state index contributed by atoms with van der Waals surface area (Å²) in [5, 5.41) is 9.03. The molecule has 0 fully saturated rings. The fraction of sp³-hybridized carbons (Fsp3) is 0.364. The third kappa shape index (κ3) is 4.35. The summed E-state index contributed by atoms with van der Waals surface area (Å²) in [4.78, 5) is 11.1. The van der Waals surface area contributed by atoms with Gasteiger partial charge in [0.15, 0.2) is 0 Å². The van der Waals surface area contributed by atoms with E-state index in [0.29, 0.717) is 5.75 Å². The Morgan fingerprint density at radius 3 is 2.73 bits per heavy atom. The summed E-state index contributed by atoms with van der Waals surface area (Å²) in [5.74, 6) is 0.00215. The lowest BCUT2D eigenvalue weighted by molar-refractivity contribution is -0.143. The number of benzene rings is 1. The van der Waals surface area contributed by atoms with E-state index < -0.39 is 12.5 Å². The predicted molar refractivity (Wildman–Crippen MR) is 54.9 cm³/mol. The lowest BCUT2D eigenvalue weighted by Gasteiger charge is -2.05. The molecule has 4 nitrogen and oxygen atoms in total. The van der Waals surface area contributed by atoms with Gasteiger partial charge in [0.1, 0.15) is 11.5 Å². The van der Waals surface area contributed by atoms with Crippen LogP contribution < -0.4 is 4.74 Å². The predicted octanol–water partition coefficient (Wildman–Crippen LogP) is 1.72. The Labute approximate surface area is 91.2 Å². The zero-order valence-corrected chi connectivity index (χ0v) is 8.40. The van der Waals surface area contributed by atoms with E-state index in [-0.39, 0.29) is 18.8 Å². The summed E-state index contributed by atoms with van der Waals surface area (Å²) in [6, 6.07) is 6.08. The van der Waals surface area contributed by atoms with Gasteiger partial charge in [-0.1, -0.05) is 0 Å². The SMILES string of the molecule is [2H]C([2H])(C)OC(=O)CCOc1ccc(O)cc1. The number of hydrogen-bond donors (Lipinski definition) is 1. The first-order valence-electron chi connectivity index (χ1n) is 5.50. The number of rotatable bonds is 5. The average molecular weight is 212 g/mol. The van der Waals surface area contributed by atoms with E-state index >= 15 is 0 Å². The fourth-order valence-electron chi connectivity index (χ4n) is 0.959. The van der Waals surface area contributed by atoms with Gasteiger partial charge < -0.3 is 14.6 Å². The van der Waals surface area contributed by atoms with Crippen LogP contribution >= 0.6 is 0 Å². The van der Waals surface area contributed by atoms with Gasteiger partial charge in [-0.2, -0.15) is 0 Å². The molecule has 4 heteroatoms. The first-order valence-corrected chi connectivity index (χ1v) is 4.50. The van der Waals surface area contributed by atoms with Crippen molar-refractivity contribution in [3.63, 3.8) is 0 Å². The molecule has 0 spiro atoms. The highest BCUT2D eigenvalue weighted by Gasteiger charge is 2.01. The molecule has 1 N–H and O–H groups in total. The monoisotopic (exact) mass is 212 g/mol. The van der Waals surface area contributed by atoms with E-state index in [0.717, 1.165) is 6.92 Å². The third-order valence-electron chi connectivity index (χ3n) is 1.63. The van der Waals surface area contributed by atoms with Crippen LogP contribution in [0.1, 0.15) is 16.1 Å². The van der Waals surface area contributed by atoms with Crippen molar-refractivity contribution in [1.29, 1.82) is 0 Å². The minimum Gasteiger partial charge on any atom is -0.508 e. The molecule has 0 saturated carbocycles. The van der Waals surface area contributed by atoms with E-state index in [2.05, 4.69) is 4.74 Å². The van der Waals surface area contributed by atoms with Gasteiger partial charge >= 0.3 is 5.97 Å². The number of hydrogen-bond acceptors (Lipinski definition) is 4. The first kappa shape index (κ1) is 8.59. The van der Waals surface area contributed by atoms with Gasteiger partial charge in [-0.3, -0.25) is 4.79 Å². The van der Waals surface area contributed by atoms with Crippen molar-refractivity contribution in [2.75, 3.05) is 13.2 Å². The maximum atomic E-state index is 11.1. The van der Waals surface area contributed by atoms with Crippen molar-refractivity contribution < 1.29 is 22.1 Å². The van der Waals surface area contributed by atoms with Gasteiger partial charge in [-0.05, 0) is 31.2 Å². The van der Waals surface area contributed by atoms with Crippen LogP contribution in [0.15, 0.2) is 24.3 Å².